The zero-order chi connectivity index (χ0) is 19.9. The van der Waals surface area contributed by atoms with Gasteiger partial charge < -0.3 is 22.4 Å². The molecule has 0 saturated heterocycles. The zero-order valence-electron chi connectivity index (χ0n) is 18.4. The summed E-state index contributed by atoms with van der Waals surface area (Å²) in [6.07, 6.45) is 10.4. The summed E-state index contributed by atoms with van der Waals surface area (Å²) < 4.78 is 29.9. The highest BCUT2D eigenvalue weighted by molar-refractivity contribution is 6.80. The van der Waals surface area contributed by atoms with Crippen molar-refractivity contribution in [2.24, 2.45) is 11.8 Å². The monoisotopic (exact) mass is 418 g/mol. The molecule has 0 aromatic rings. The van der Waals surface area contributed by atoms with Gasteiger partial charge in [0.05, 0.1) is 12.2 Å². The molecule has 2 aliphatic rings. The van der Waals surface area contributed by atoms with E-state index in [1.807, 2.05) is 28.4 Å². The molecule has 2 fully saturated rings. The number of hydrogen-bond acceptors (Lipinski definition) is 5. The quantitative estimate of drug-likeness (QED) is 0.475. The molecule has 160 valence electrons. The highest BCUT2D eigenvalue weighted by atomic mass is 28.5. The Hall–Kier alpha value is 0.234. The SMILES string of the molecule is COC1CCC(C[Si](C)(OC)O[Si](C)(CC2CCC(OC)CC2)OC)CC1. The van der Waals surface area contributed by atoms with Crippen LogP contribution in [0.5, 0.6) is 0 Å². The van der Waals surface area contributed by atoms with Crippen molar-refractivity contribution in [3.05, 3.63) is 0 Å². The van der Waals surface area contributed by atoms with Crippen molar-refractivity contribution in [2.45, 2.75) is 88.8 Å². The Bertz CT molecular complexity index is 387. The van der Waals surface area contributed by atoms with Gasteiger partial charge in [-0.15, -0.1) is 0 Å². The maximum Gasteiger partial charge on any atom is 0.326 e. The number of rotatable bonds is 10. The molecule has 0 amide bonds. The van der Waals surface area contributed by atoms with Gasteiger partial charge in [-0.05, 0) is 88.4 Å². The van der Waals surface area contributed by atoms with Crippen molar-refractivity contribution in [3.63, 3.8) is 0 Å². The Balaban J connectivity index is 1.90. The fourth-order valence-corrected chi connectivity index (χ4v) is 13.2. The Labute approximate surface area is 168 Å². The van der Waals surface area contributed by atoms with Crippen LogP contribution in [-0.2, 0) is 22.4 Å². The standard InChI is InChI=1S/C20H42O5Si2/c1-21-19-11-7-17(8-12-19)15-26(5,23-3)25-27(6,24-4)16-18-9-13-20(22-2)14-10-18/h17-20H,7-16H2,1-6H3. The molecule has 2 saturated carbocycles. The first-order valence-corrected chi connectivity index (χ1v) is 15.8. The second kappa shape index (κ2) is 10.9. The normalized spacial score (nSPS) is 34.0. The van der Waals surface area contributed by atoms with Gasteiger partial charge in [-0.3, -0.25) is 0 Å². The van der Waals surface area contributed by atoms with Gasteiger partial charge in [0.15, 0.2) is 0 Å². The van der Waals surface area contributed by atoms with Crippen LogP contribution in [0.3, 0.4) is 0 Å². The van der Waals surface area contributed by atoms with Crippen molar-refractivity contribution in [1.29, 1.82) is 0 Å². The molecule has 0 heterocycles. The van der Waals surface area contributed by atoms with Crippen LogP contribution in [0.25, 0.3) is 0 Å². The third-order valence-corrected chi connectivity index (χ3v) is 14.7. The molecular formula is C20H42O5Si2. The average molecular weight is 419 g/mol. The van der Waals surface area contributed by atoms with E-state index < -0.39 is 17.1 Å². The smallest absolute Gasteiger partial charge is 0.326 e. The van der Waals surface area contributed by atoms with E-state index in [4.69, 9.17) is 22.4 Å². The number of hydrogen-bond donors (Lipinski definition) is 0. The minimum Gasteiger partial charge on any atom is -0.415 e. The van der Waals surface area contributed by atoms with Crippen LogP contribution in [-0.4, -0.2) is 57.8 Å². The fourth-order valence-electron chi connectivity index (χ4n) is 4.98. The van der Waals surface area contributed by atoms with Gasteiger partial charge in [-0.1, -0.05) is 0 Å². The Morgan fingerprint density at radius 1 is 0.593 bits per heavy atom. The van der Waals surface area contributed by atoms with Gasteiger partial charge in [-0.2, -0.15) is 0 Å². The van der Waals surface area contributed by atoms with Crippen LogP contribution in [0.15, 0.2) is 0 Å². The predicted molar refractivity (Wildman–Crippen MR) is 113 cm³/mol. The molecular weight excluding hydrogens is 376 g/mol. The highest BCUT2D eigenvalue weighted by Crippen LogP contribution is 2.37. The molecule has 0 aromatic heterocycles. The predicted octanol–water partition coefficient (Wildman–Crippen LogP) is 4.85. The summed E-state index contributed by atoms with van der Waals surface area (Å²) in [6, 6.07) is 2.14. The molecule has 2 unspecified atom stereocenters. The first-order chi connectivity index (χ1) is 12.8. The molecule has 27 heavy (non-hydrogen) atoms. The summed E-state index contributed by atoms with van der Waals surface area (Å²) in [7, 11) is 2.87. The van der Waals surface area contributed by atoms with E-state index in [9.17, 15) is 0 Å². The third-order valence-electron chi connectivity index (χ3n) is 6.87. The van der Waals surface area contributed by atoms with E-state index in [0.717, 1.165) is 37.8 Å². The molecule has 0 aliphatic heterocycles. The molecule has 0 N–H and O–H groups in total. The highest BCUT2D eigenvalue weighted by Gasteiger charge is 2.45. The van der Waals surface area contributed by atoms with Crippen molar-refractivity contribution in [2.75, 3.05) is 28.4 Å². The van der Waals surface area contributed by atoms with E-state index >= 15 is 0 Å². The van der Waals surface area contributed by atoms with Crippen molar-refractivity contribution >= 4 is 17.1 Å². The number of ether oxygens (including phenoxy) is 2. The van der Waals surface area contributed by atoms with Crippen LogP contribution in [0.1, 0.15) is 51.4 Å². The molecule has 5 nitrogen and oxygen atoms in total. The van der Waals surface area contributed by atoms with Gasteiger partial charge in [0, 0.05) is 28.4 Å². The third kappa shape index (κ3) is 7.21. The second-order valence-corrected chi connectivity index (χ2v) is 15.9. The maximum absolute atomic E-state index is 6.81. The number of methoxy groups -OCH3 is 2. The van der Waals surface area contributed by atoms with Gasteiger partial charge >= 0.3 is 17.1 Å². The second-order valence-electron chi connectivity index (χ2n) is 8.94. The van der Waals surface area contributed by atoms with E-state index in [2.05, 4.69) is 13.1 Å². The first-order valence-electron chi connectivity index (χ1n) is 10.7. The lowest BCUT2D eigenvalue weighted by atomic mass is 9.89. The van der Waals surface area contributed by atoms with E-state index in [0.29, 0.717) is 24.0 Å². The van der Waals surface area contributed by atoms with Crippen molar-refractivity contribution in [1.82, 2.24) is 0 Å². The fraction of sp³-hybridized carbons (Fsp3) is 1.00. The first kappa shape index (κ1) is 23.5. The lowest BCUT2D eigenvalue weighted by Crippen LogP contribution is -2.53. The topological polar surface area (TPSA) is 46.2 Å². The van der Waals surface area contributed by atoms with Crippen molar-refractivity contribution < 1.29 is 22.4 Å². The van der Waals surface area contributed by atoms with Crippen molar-refractivity contribution in [3.8, 4) is 0 Å². The maximum atomic E-state index is 6.81. The Morgan fingerprint density at radius 3 is 1.19 bits per heavy atom. The Morgan fingerprint density at radius 2 is 0.926 bits per heavy atom. The molecule has 7 heteroatoms. The van der Waals surface area contributed by atoms with Crippen LogP contribution in [0.4, 0.5) is 0 Å². The van der Waals surface area contributed by atoms with E-state index in [1.54, 1.807) is 0 Å². The Kier molecular flexibility index (Phi) is 9.45. The lowest BCUT2D eigenvalue weighted by Gasteiger charge is -2.40. The van der Waals surface area contributed by atoms with Crippen LogP contribution >= 0.6 is 0 Å². The zero-order valence-corrected chi connectivity index (χ0v) is 20.4. The molecule has 2 aliphatic carbocycles. The summed E-state index contributed by atoms with van der Waals surface area (Å²) in [4.78, 5) is 0. The summed E-state index contributed by atoms with van der Waals surface area (Å²) >= 11 is 0. The molecule has 0 spiro atoms. The van der Waals surface area contributed by atoms with Crippen LogP contribution < -0.4 is 0 Å². The van der Waals surface area contributed by atoms with Gasteiger partial charge in [0.25, 0.3) is 0 Å². The largest absolute Gasteiger partial charge is 0.415 e. The van der Waals surface area contributed by atoms with E-state index in [-0.39, 0.29) is 0 Å². The van der Waals surface area contributed by atoms with Gasteiger partial charge in [-0.25, -0.2) is 0 Å². The summed E-state index contributed by atoms with van der Waals surface area (Å²) in [6.45, 7) is 4.48. The molecule has 2 atom stereocenters. The minimum absolute atomic E-state index is 0.443. The lowest BCUT2D eigenvalue weighted by molar-refractivity contribution is 0.0568. The summed E-state index contributed by atoms with van der Waals surface area (Å²) in [5.74, 6) is 1.39. The molecule has 0 radical (unpaired) electrons. The minimum atomic E-state index is -2.23. The molecule has 0 aromatic carbocycles. The summed E-state index contributed by atoms with van der Waals surface area (Å²) in [5.41, 5.74) is 0. The summed E-state index contributed by atoms with van der Waals surface area (Å²) in [5, 5.41) is 0. The van der Waals surface area contributed by atoms with E-state index in [1.165, 1.54) is 25.7 Å². The van der Waals surface area contributed by atoms with Gasteiger partial charge in [0.1, 0.15) is 0 Å². The molecule has 0 bridgehead atoms. The molecule has 2 rings (SSSR count). The van der Waals surface area contributed by atoms with Crippen LogP contribution in [0, 0.1) is 11.8 Å². The van der Waals surface area contributed by atoms with Crippen LogP contribution in [0.2, 0.25) is 25.2 Å². The van der Waals surface area contributed by atoms with Gasteiger partial charge in [0.2, 0.25) is 0 Å². The average Bonchev–Trinajstić information content (AvgIpc) is 2.69.